The number of aromatic nitrogens is 3. The number of pyridine rings is 1. The van der Waals surface area contributed by atoms with Gasteiger partial charge in [-0.15, -0.1) is 10.2 Å². The number of anilines is 1. The smallest absolute Gasteiger partial charge is 0.267 e. The number of fused-ring (bicyclic) bond motifs is 1. The van der Waals surface area contributed by atoms with Crippen LogP contribution < -0.4 is 10.3 Å². The molecule has 29 heavy (non-hydrogen) atoms. The fraction of sp³-hybridized carbons (Fsp3) is 0.286. The van der Waals surface area contributed by atoms with Gasteiger partial charge in [0.05, 0.1) is 5.69 Å². The van der Waals surface area contributed by atoms with E-state index in [0.29, 0.717) is 25.1 Å². The summed E-state index contributed by atoms with van der Waals surface area (Å²) in [4.78, 5) is 25.0. The van der Waals surface area contributed by atoms with Crippen LogP contribution in [0.2, 0.25) is 0 Å². The fourth-order valence-corrected chi connectivity index (χ4v) is 3.30. The minimum absolute atomic E-state index is 0.106. The van der Waals surface area contributed by atoms with Crippen molar-refractivity contribution < 1.29 is 9.59 Å². The van der Waals surface area contributed by atoms with Gasteiger partial charge in [0.1, 0.15) is 11.5 Å². The Labute approximate surface area is 168 Å². The molecule has 2 aromatic heterocycles. The number of carbonyl (C=O) groups excluding carboxylic acids is 2. The van der Waals surface area contributed by atoms with E-state index >= 15 is 0 Å². The maximum absolute atomic E-state index is 12.6. The highest BCUT2D eigenvalue weighted by Gasteiger charge is 2.26. The maximum atomic E-state index is 12.6. The summed E-state index contributed by atoms with van der Waals surface area (Å²) in [7, 11) is 0. The predicted molar refractivity (Wildman–Crippen MR) is 110 cm³/mol. The van der Waals surface area contributed by atoms with Gasteiger partial charge in [-0.05, 0) is 43.2 Å². The lowest BCUT2D eigenvalue weighted by atomic mass is 10.1. The van der Waals surface area contributed by atoms with Crippen LogP contribution in [-0.2, 0) is 16.0 Å². The second kappa shape index (κ2) is 7.83. The molecule has 4 rings (SSSR count). The lowest BCUT2D eigenvalue weighted by Gasteiger charge is -2.24. The number of hydrazone groups is 1. The van der Waals surface area contributed by atoms with Gasteiger partial charge in [0.25, 0.3) is 5.91 Å². The molecule has 3 aromatic rings. The number of rotatable bonds is 5. The van der Waals surface area contributed by atoms with Crippen LogP contribution in [0.1, 0.15) is 29.8 Å². The van der Waals surface area contributed by atoms with Crippen LogP contribution in [-0.4, -0.2) is 38.7 Å². The highest BCUT2D eigenvalue weighted by molar-refractivity contribution is 6.40. The van der Waals surface area contributed by atoms with Crippen LogP contribution in [0, 0.1) is 13.8 Å². The van der Waals surface area contributed by atoms with E-state index in [0.717, 1.165) is 28.3 Å². The Morgan fingerprint density at radius 2 is 2.00 bits per heavy atom. The van der Waals surface area contributed by atoms with E-state index in [9.17, 15) is 9.59 Å². The number of nitrogens with one attached hydrogen (secondary N) is 1. The minimum atomic E-state index is -0.262. The van der Waals surface area contributed by atoms with Crippen molar-refractivity contribution in [3.8, 4) is 0 Å². The largest absolute Gasteiger partial charge is 0.350 e. The van der Waals surface area contributed by atoms with Gasteiger partial charge in [0.2, 0.25) is 5.91 Å². The molecule has 1 aliphatic heterocycles. The molecular formula is C21H22N6O2. The minimum Gasteiger partial charge on any atom is -0.350 e. The Morgan fingerprint density at radius 1 is 1.14 bits per heavy atom. The first-order valence-electron chi connectivity index (χ1n) is 9.57. The van der Waals surface area contributed by atoms with Gasteiger partial charge in [-0.3, -0.25) is 14.0 Å². The molecule has 8 heteroatoms. The second-order valence-electron chi connectivity index (χ2n) is 7.09. The SMILES string of the molecule is Cc1ccc(C)c(N2N=C(C(=O)NCCc3nnc4ccccn34)CCC2=O)c1. The molecular weight excluding hydrogens is 368 g/mol. The Balaban J connectivity index is 1.45. The van der Waals surface area contributed by atoms with E-state index in [2.05, 4.69) is 20.6 Å². The zero-order valence-electron chi connectivity index (χ0n) is 16.4. The molecule has 0 aliphatic carbocycles. The normalized spacial score (nSPS) is 14.2. The summed E-state index contributed by atoms with van der Waals surface area (Å²) in [6.07, 6.45) is 3.03. The van der Waals surface area contributed by atoms with Crippen LogP contribution in [0.3, 0.4) is 0 Å². The molecule has 0 unspecified atom stereocenters. The molecule has 0 saturated heterocycles. The zero-order valence-corrected chi connectivity index (χ0v) is 16.4. The lowest BCUT2D eigenvalue weighted by Crippen LogP contribution is -2.40. The third-order valence-electron chi connectivity index (χ3n) is 4.91. The number of nitrogens with zero attached hydrogens (tertiary/aromatic N) is 5. The molecule has 148 valence electrons. The van der Waals surface area contributed by atoms with Crippen LogP contribution in [0.25, 0.3) is 5.65 Å². The van der Waals surface area contributed by atoms with E-state index in [-0.39, 0.29) is 18.2 Å². The van der Waals surface area contributed by atoms with Crippen molar-refractivity contribution in [1.82, 2.24) is 19.9 Å². The number of hydrogen-bond donors (Lipinski definition) is 1. The van der Waals surface area contributed by atoms with Gasteiger partial charge in [-0.2, -0.15) is 5.10 Å². The van der Waals surface area contributed by atoms with Crippen LogP contribution in [0.5, 0.6) is 0 Å². The number of carbonyl (C=O) groups is 2. The highest BCUT2D eigenvalue weighted by atomic mass is 16.2. The van der Waals surface area contributed by atoms with Crippen molar-refractivity contribution in [3.05, 3.63) is 59.5 Å². The summed E-state index contributed by atoms with van der Waals surface area (Å²) in [5, 5.41) is 16.9. The summed E-state index contributed by atoms with van der Waals surface area (Å²) in [5.74, 6) is 0.408. The van der Waals surface area contributed by atoms with Crippen molar-refractivity contribution in [3.63, 3.8) is 0 Å². The highest BCUT2D eigenvalue weighted by Crippen LogP contribution is 2.25. The first-order chi connectivity index (χ1) is 14.0. The zero-order chi connectivity index (χ0) is 20.4. The van der Waals surface area contributed by atoms with Crippen LogP contribution >= 0.6 is 0 Å². The van der Waals surface area contributed by atoms with Gasteiger partial charge < -0.3 is 5.32 Å². The van der Waals surface area contributed by atoms with Crippen molar-refractivity contribution >= 4 is 28.9 Å². The first kappa shape index (κ1) is 18.8. The van der Waals surface area contributed by atoms with E-state index in [1.807, 2.05) is 60.8 Å². The third kappa shape index (κ3) is 3.87. The molecule has 0 atom stereocenters. The first-order valence-corrected chi connectivity index (χ1v) is 9.57. The summed E-state index contributed by atoms with van der Waals surface area (Å²) < 4.78 is 1.89. The Kier molecular flexibility index (Phi) is 5.07. The molecule has 0 bridgehead atoms. The van der Waals surface area contributed by atoms with Crippen LogP contribution in [0.4, 0.5) is 5.69 Å². The Hall–Kier alpha value is -3.55. The molecule has 0 spiro atoms. The van der Waals surface area contributed by atoms with Gasteiger partial charge in [0.15, 0.2) is 5.65 Å². The predicted octanol–water partition coefficient (Wildman–Crippen LogP) is 2.19. The number of hydrogen-bond acceptors (Lipinski definition) is 5. The third-order valence-corrected chi connectivity index (χ3v) is 4.91. The summed E-state index contributed by atoms with van der Waals surface area (Å²) in [6.45, 7) is 4.29. The van der Waals surface area contributed by atoms with Gasteiger partial charge >= 0.3 is 0 Å². The molecule has 2 amide bonds. The second-order valence-corrected chi connectivity index (χ2v) is 7.09. The molecule has 1 N–H and O–H groups in total. The average Bonchev–Trinajstić information content (AvgIpc) is 3.13. The van der Waals surface area contributed by atoms with E-state index in [4.69, 9.17) is 0 Å². The molecule has 0 saturated carbocycles. The number of aryl methyl sites for hydroxylation is 2. The van der Waals surface area contributed by atoms with Crippen molar-refractivity contribution in [1.29, 1.82) is 0 Å². The molecule has 1 aromatic carbocycles. The summed E-state index contributed by atoms with van der Waals surface area (Å²) in [5.41, 5.74) is 3.82. The van der Waals surface area contributed by atoms with Gasteiger partial charge in [-0.1, -0.05) is 18.2 Å². The standard InChI is InChI=1S/C21H22N6O2/c1-14-6-7-15(2)17(13-14)27-20(28)9-8-16(25-27)21(29)22-11-10-19-24-23-18-5-3-4-12-26(18)19/h3-7,12-13H,8-11H2,1-2H3,(H,22,29). The molecule has 1 aliphatic rings. The van der Waals surface area contributed by atoms with E-state index < -0.39 is 0 Å². The van der Waals surface area contributed by atoms with E-state index in [1.165, 1.54) is 5.01 Å². The lowest BCUT2D eigenvalue weighted by molar-refractivity contribution is -0.118. The topological polar surface area (TPSA) is 92.0 Å². The molecule has 0 fully saturated rings. The Morgan fingerprint density at radius 3 is 2.86 bits per heavy atom. The average molecular weight is 390 g/mol. The number of amides is 2. The van der Waals surface area contributed by atoms with Crippen molar-refractivity contribution in [2.24, 2.45) is 5.10 Å². The van der Waals surface area contributed by atoms with Crippen LogP contribution in [0.15, 0.2) is 47.7 Å². The summed E-state index contributed by atoms with van der Waals surface area (Å²) >= 11 is 0. The summed E-state index contributed by atoms with van der Waals surface area (Å²) in [6, 6.07) is 11.5. The molecule has 8 nitrogen and oxygen atoms in total. The van der Waals surface area contributed by atoms with Gasteiger partial charge in [0, 0.05) is 32.0 Å². The van der Waals surface area contributed by atoms with Gasteiger partial charge in [-0.25, -0.2) is 5.01 Å². The number of benzene rings is 1. The van der Waals surface area contributed by atoms with Crippen molar-refractivity contribution in [2.75, 3.05) is 11.6 Å². The van der Waals surface area contributed by atoms with Crippen molar-refractivity contribution in [2.45, 2.75) is 33.1 Å². The molecule has 0 radical (unpaired) electrons. The quantitative estimate of drug-likeness (QED) is 0.723. The van der Waals surface area contributed by atoms with E-state index in [1.54, 1.807) is 0 Å². The molecule has 3 heterocycles. The maximum Gasteiger partial charge on any atom is 0.267 e. The fourth-order valence-electron chi connectivity index (χ4n) is 3.30. The monoisotopic (exact) mass is 390 g/mol. The Bertz CT molecular complexity index is 1120.